The molecule has 0 atom stereocenters. The van der Waals surface area contributed by atoms with Crippen molar-refractivity contribution in [3.05, 3.63) is 77.5 Å². The number of nitrogens with one attached hydrogen (secondary N) is 1. The summed E-state index contributed by atoms with van der Waals surface area (Å²) in [5, 5.41) is 2.92. The van der Waals surface area contributed by atoms with Crippen LogP contribution in [0.5, 0.6) is 5.75 Å². The lowest BCUT2D eigenvalue weighted by atomic mass is 10.2. The maximum atomic E-state index is 12.5. The molecule has 3 aromatic rings. The molecule has 1 aliphatic rings. The summed E-state index contributed by atoms with van der Waals surface area (Å²) in [6, 6.07) is 12.9. The third-order valence-corrected chi connectivity index (χ3v) is 4.67. The van der Waals surface area contributed by atoms with Crippen LogP contribution < -0.4 is 10.1 Å². The van der Waals surface area contributed by atoms with Gasteiger partial charge >= 0.3 is 0 Å². The number of benzene rings is 2. The number of thiazole rings is 1. The van der Waals surface area contributed by atoms with Crippen LogP contribution in [0, 0.1) is 0 Å². The Labute approximate surface area is 149 Å². The zero-order chi connectivity index (χ0) is 17.1. The van der Waals surface area contributed by atoms with Crippen molar-refractivity contribution in [2.45, 2.75) is 12.8 Å². The Hall–Kier alpha value is -2.92. The van der Waals surface area contributed by atoms with Crippen LogP contribution in [0.3, 0.4) is 0 Å². The monoisotopic (exact) mass is 348 g/mol. The van der Waals surface area contributed by atoms with E-state index in [1.54, 1.807) is 11.6 Å². The molecule has 1 aromatic heterocycles. The molecule has 0 unspecified atom stereocenters. The predicted octanol–water partition coefficient (Wildman–Crippen LogP) is 5.16. The van der Waals surface area contributed by atoms with Gasteiger partial charge in [0.15, 0.2) is 0 Å². The summed E-state index contributed by atoms with van der Waals surface area (Å²) in [6.45, 7) is 0. The largest absolute Gasteiger partial charge is 0.458 e. The van der Waals surface area contributed by atoms with Crippen LogP contribution in [0.1, 0.15) is 23.2 Å². The summed E-state index contributed by atoms with van der Waals surface area (Å²) in [6.07, 6.45) is 8.17. The molecule has 4 nitrogen and oxygen atoms in total. The molecule has 0 bridgehead atoms. The molecular weight excluding hydrogens is 332 g/mol. The third kappa shape index (κ3) is 3.61. The number of carbonyl (C=O) groups excluding carboxylic acids is 1. The van der Waals surface area contributed by atoms with E-state index in [0.717, 1.165) is 28.8 Å². The van der Waals surface area contributed by atoms with Crippen LogP contribution in [0.2, 0.25) is 0 Å². The number of rotatable bonds is 4. The zero-order valence-electron chi connectivity index (χ0n) is 13.4. The fourth-order valence-electron chi connectivity index (χ4n) is 2.64. The number of hydrogen-bond acceptors (Lipinski definition) is 4. The fourth-order valence-corrected chi connectivity index (χ4v) is 3.35. The van der Waals surface area contributed by atoms with E-state index in [9.17, 15) is 4.79 Å². The van der Waals surface area contributed by atoms with Crippen molar-refractivity contribution in [1.82, 2.24) is 4.98 Å². The molecule has 0 fully saturated rings. The zero-order valence-corrected chi connectivity index (χ0v) is 14.3. The average molecular weight is 348 g/mol. The lowest BCUT2D eigenvalue weighted by Crippen LogP contribution is -2.11. The van der Waals surface area contributed by atoms with Gasteiger partial charge in [-0.2, -0.15) is 0 Å². The number of allylic oxidation sites excluding steroid dienone is 3. The molecule has 1 aliphatic carbocycles. The number of hydrogen-bond donors (Lipinski definition) is 1. The summed E-state index contributed by atoms with van der Waals surface area (Å²) >= 11 is 1.52. The molecule has 4 rings (SSSR count). The minimum atomic E-state index is -0.149. The minimum Gasteiger partial charge on any atom is -0.458 e. The van der Waals surface area contributed by atoms with Crippen LogP contribution in [-0.2, 0) is 0 Å². The second kappa shape index (κ2) is 6.91. The molecule has 0 saturated heterocycles. The van der Waals surface area contributed by atoms with Crippen molar-refractivity contribution in [2.75, 3.05) is 5.32 Å². The first-order valence-corrected chi connectivity index (χ1v) is 8.95. The molecule has 2 aromatic carbocycles. The highest BCUT2D eigenvalue weighted by molar-refractivity contribution is 7.16. The average Bonchev–Trinajstić information content (AvgIpc) is 3.10. The molecule has 25 heavy (non-hydrogen) atoms. The predicted molar refractivity (Wildman–Crippen MR) is 101 cm³/mol. The molecular formula is C20H16N2O2S. The van der Waals surface area contributed by atoms with Gasteiger partial charge in [-0.3, -0.25) is 4.79 Å². The van der Waals surface area contributed by atoms with E-state index >= 15 is 0 Å². The van der Waals surface area contributed by atoms with Gasteiger partial charge in [0.05, 0.1) is 15.7 Å². The Kier molecular flexibility index (Phi) is 4.31. The van der Waals surface area contributed by atoms with Gasteiger partial charge < -0.3 is 10.1 Å². The summed E-state index contributed by atoms with van der Waals surface area (Å²) < 4.78 is 6.85. The van der Waals surface area contributed by atoms with Crippen molar-refractivity contribution in [1.29, 1.82) is 0 Å². The SMILES string of the molecule is O=C(Nc1cccc(OC2=CCCC=C2)c1)c1ccc2ncsc2c1. The smallest absolute Gasteiger partial charge is 0.255 e. The number of amides is 1. The molecule has 0 spiro atoms. The molecule has 1 N–H and O–H groups in total. The summed E-state index contributed by atoms with van der Waals surface area (Å²) in [5.74, 6) is 1.39. The van der Waals surface area contributed by atoms with Gasteiger partial charge in [-0.25, -0.2) is 4.98 Å². The number of fused-ring (bicyclic) bond motifs is 1. The normalized spacial score (nSPS) is 13.5. The van der Waals surface area contributed by atoms with Gasteiger partial charge in [0.2, 0.25) is 0 Å². The highest BCUT2D eigenvalue weighted by Gasteiger charge is 2.09. The number of nitrogens with zero attached hydrogens (tertiary/aromatic N) is 1. The molecule has 0 radical (unpaired) electrons. The van der Waals surface area contributed by atoms with Gasteiger partial charge in [-0.15, -0.1) is 11.3 Å². The van der Waals surface area contributed by atoms with E-state index in [0.29, 0.717) is 17.0 Å². The maximum absolute atomic E-state index is 12.5. The van der Waals surface area contributed by atoms with Crippen molar-refractivity contribution < 1.29 is 9.53 Å². The van der Waals surface area contributed by atoms with Crippen molar-refractivity contribution >= 4 is 33.1 Å². The standard InChI is InChI=1S/C20H16N2O2S/c23-20(14-9-10-18-19(11-14)25-13-21-18)22-15-5-4-8-17(12-15)24-16-6-2-1-3-7-16/h2,4-13H,1,3H2,(H,22,23). The summed E-state index contributed by atoms with van der Waals surface area (Å²) in [5.41, 5.74) is 4.00. The van der Waals surface area contributed by atoms with E-state index in [1.807, 2.05) is 42.5 Å². The molecule has 1 amide bonds. The van der Waals surface area contributed by atoms with E-state index in [1.165, 1.54) is 11.3 Å². The maximum Gasteiger partial charge on any atom is 0.255 e. The van der Waals surface area contributed by atoms with Gasteiger partial charge in [0.25, 0.3) is 5.91 Å². The highest BCUT2D eigenvalue weighted by Crippen LogP contribution is 2.23. The third-order valence-electron chi connectivity index (χ3n) is 3.88. The number of anilines is 1. The first-order chi connectivity index (χ1) is 12.3. The Morgan fingerprint density at radius 3 is 3.00 bits per heavy atom. The van der Waals surface area contributed by atoms with E-state index < -0.39 is 0 Å². The lowest BCUT2D eigenvalue weighted by Gasteiger charge is -2.11. The Morgan fingerprint density at radius 2 is 2.12 bits per heavy atom. The molecule has 1 heterocycles. The van der Waals surface area contributed by atoms with E-state index in [-0.39, 0.29) is 5.91 Å². The van der Waals surface area contributed by atoms with Crippen LogP contribution in [0.4, 0.5) is 5.69 Å². The Balaban J connectivity index is 1.49. The highest BCUT2D eigenvalue weighted by atomic mass is 32.1. The molecule has 0 saturated carbocycles. The lowest BCUT2D eigenvalue weighted by molar-refractivity contribution is 0.102. The van der Waals surface area contributed by atoms with Crippen LogP contribution in [0.15, 0.2) is 72.0 Å². The Morgan fingerprint density at radius 1 is 1.16 bits per heavy atom. The summed E-state index contributed by atoms with van der Waals surface area (Å²) in [4.78, 5) is 16.7. The molecule has 124 valence electrons. The van der Waals surface area contributed by atoms with Crippen LogP contribution in [-0.4, -0.2) is 10.9 Å². The van der Waals surface area contributed by atoms with Crippen molar-refractivity contribution in [2.24, 2.45) is 0 Å². The van der Waals surface area contributed by atoms with Crippen molar-refractivity contribution in [3.63, 3.8) is 0 Å². The topological polar surface area (TPSA) is 51.2 Å². The van der Waals surface area contributed by atoms with Gasteiger partial charge in [0, 0.05) is 17.3 Å². The van der Waals surface area contributed by atoms with Gasteiger partial charge in [-0.05, 0) is 55.3 Å². The van der Waals surface area contributed by atoms with Crippen molar-refractivity contribution in [3.8, 4) is 5.75 Å². The molecule has 5 heteroatoms. The quantitative estimate of drug-likeness (QED) is 0.708. The van der Waals surface area contributed by atoms with Crippen LogP contribution >= 0.6 is 11.3 Å². The number of carbonyl (C=O) groups is 1. The van der Waals surface area contributed by atoms with Gasteiger partial charge in [-0.1, -0.05) is 12.1 Å². The molecule has 0 aliphatic heterocycles. The second-order valence-corrected chi connectivity index (χ2v) is 6.59. The number of ether oxygens (including phenoxy) is 1. The number of aromatic nitrogens is 1. The first-order valence-electron chi connectivity index (χ1n) is 8.07. The van der Waals surface area contributed by atoms with E-state index in [2.05, 4.69) is 22.5 Å². The second-order valence-electron chi connectivity index (χ2n) is 5.71. The van der Waals surface area contributed by atoms with Gasteiger partial charge in [0.1, 0.15) is 11.5 Å². The van der Waals surface area contributed by atoms with E-state index in [4.69, 9.17) is 4.74 Å². The van der Waals surface area contributed by atoms with Crippen LogP contribution in [0.25, 0.3) is 10.2 Å². The Bertz CT molecular complexity index is 988. The minimum absolute atomic E-state index is 0.149. The summed E-state index contributed by atoms with van der Waals surface area (Å²) in [7, 11) is 0. The fraction of sp³-hybridized carbons (Fsp3) is 0.100. The first kappa shape index (κ1) is 15.6.